The minimum atomic E-state index is -0.486. The average molecular weight is 357 g/mol. The molecule has 0 atom stereocenters. The molecule has 1 aromatic heterocycles. The van der Waals surface area contributed by atoms with Crippen LogP contribution in [0.5, 0.6) is 11.5 Å². The third-order valence-corrected chi connectivity index (χ3v) is 4.00. The normalized spacial score (nSPS) is 10.8. The van der Waals surface area contributed by atoms with E-state index in [4.69, 9.17) is 20.8 Å². The maximum atomic E-state index is 12.4. The van der Waals surface area contributed by atoms with Crippen LogP contribution in [0.4, 0.5) is 0 Å². The minimum absolute atomic E-state index is 0.105. The van der Waals surface area contributed by atoms with Crippen LogP contribution >= 0.6 is 11.6 Å². The van der Waals surface area contributed by atoms with E-state index in [9.17, 15) is 9.90 Å². The first-order chi connectivity index (χ1) is 12.0. The molecule has 0 fully saturated rings. The van der Waals surface area contributed by atoms with Crippen molar-refractivity contribution in [1.82, 2.24) is 0 Å². The molecule has 5 heteroatoms. The highest BCUT2D eigenvalue weighted by Crippen LogP contribution is 2.32. The molecule has 0 unspecified atom stereocenters. The van der Waals surface area contributed by atoms with E-state index in [1.54, 1.807) is 42.5 Å². The van der Waals surface area contributed by atoms with Crippen LogP contribution in [0.15, 0.2) is 63.8 Å². The maximum absolute atomic E-state index is 12.4. The average Bonchev–Trinajstić information content (AvgIpc) is 2.58. The number of fused-ring (bicyclic) bond motifs is 1. The zero-order valence-electron chi connectivity index (χ0n) is 13.7. The van der Waals surface area contributed by atoms with Gasteiger partial charge in [-0.2, -0.15) is 0 Å². The van der Waals surface area contributed by atoms with Gasteiger partial charge in [0.2, 0.25) is 11.2 Å². The van der Waals surface area contributed by atoms with Gasteiger partial charge in [0.25, 0.3) is 0 Å². The lowest BCUT2D eigenvalue weighted by molar-refractivity contribution is 0.321. The van der Waals surface area contributed by atoms with Crippen molar-refractivity contribution in [2.75, 3.05) is 6.61 Å². The van der Waals surface area contributed by atoms with Crippen LogP contribution in [0, 0.1) is 0 Å². The molecule has 128 valence electrons. The van der Waals surface area contributed by atoms with Gasteiger partial charge in [0.1, 0.15) is 11.3 Å². The topological polar surface area (TPSA) is 59.7 Å². The number of ether oxygens (including phenoxy) is 1. The number of halogens is 1. The van der Waals surface area contributed by atoms with E-state index in [1.807, 2.05) is 6.92 Å². The number of hydrogen-bond donors (Lipinski definition) is 1. The van der Waals surface area contributed by atoms with E-state index < -0.39 is 11.2 Å². The molecule has 0 aliphatic carbocycles. The maximum Gasteiger partial charge on any atom is 0.235 e. The van der Waals surface area contributed by atoms with E-state index in [2.05, 4.69) is 6.58 Å². The van der Waals surface area contributed by atoms with Crippen LogP contribution in [0.1, 0.15) is 13.3 Å². The summed E-state index contributed by atoms with van der Waals surface area (Å²) in [6.07, 6.45) is 0.744. The molecule has 3 rings (SSSR count). The monoisotopic (exact) mass is 356 g/mol. The highest BCUT2D eigenvalue weighted by Gasteiger charge is 2.15. The van der Waals surface area contributed by atoms with Gasteiger partial charge in [0.05, 0.1) is 12.0 Å². The summed E-state index contributed by atoms with van der Waals surface area (Å²) in [6.45, 7) is 6.26. The Hall–Kier alpha value is -2.72. The van der Waals surface area contributed by atoms with Crippen LogP contribution in [0.25, 0.3) is 22.3 Å². The van der Waals surface area contributed by atoms with Gasteiger partial charge in [-0.15, -0.1) is 6.58 Å². The summed E-state index contributed by atoms with van der Waals surface area (Å²) in [5.41, 5.74) is 1.46. The first-order valence-electron chi connectivity index (χ1n) is 7.78. The smallest absolute Gasteiger partial charge is 0.235 e. The van der Waals surface area contributed by atoms with E-state index in [0.717, 1.165) is 12.0 Å². The minimum Gasteiger partial charge on any atom is -0.502 e. The van der Waals surface area contributed by atoms with Crippen molar-refractivity contribution in [1.29, 1.82) is 0 Å². The highest BCUT2D eigenvalue weighted by molar-refractivity contribution is 6.30. The number of rotatable bonds is 5. The predicted octanol–water partition coefficient (Wildman–Crippen LogP) is 5.16. The molecule has 2 aromatic carbocycles. The zero-order chi connectivity index (χ0) is 18.0. The summed E-state index contributed by atoms with van der Waals surface area (Å²) in [6, 6.07) is 11.6. The fourth-order valence-electron chi connectivity index (χ4n) is 2.39. The zero-order valence-corrected chi connectivity index (χ0v) is 14.5. The third kappa shape index (κ3) is 3.69. The molecule has 0 bridgehead atoms. The second-order valence-electron chi connectivity index (χ2n) is 5.83. The van der Waals surface area contributed by atoms with Crippen molar-refractivity contribution < 1.29 is 14.3 Å². The summed E-state index contributed by atoms with van der Waals surface area (Å²) in [7, 11) is 0. The number of aromatic hydroxyl groups is 1. The first kappa shape index (κ1) is 17.1. The molecule has 0 saturated heterocycles. The fourth-order valence-corrected chi connectivity index (χ4v) is 2.52. The molecule has 0 saturated carbocycles. The molecule has 0 aliphatic heterocycles. The lowest BCUT2D eigenvalue weighted by atomic mass is 10.1. The van der Waals surface area contributed by atoms with E-state index >= 15 is 0 Å². The van der Waals surface area contributed by atoms with Gasteiger partial charge in [-0.3, -0.25) is 4.79 Å². The first-order valence-corrected chi connectivity index (χ1v) is 8.16. The third-order valence-electron chi connectivity index (χ3n) is 3.74. The van der Waals surface area contributed by atoms with Gasteiger partial charge in [-0.25, -0.2) is 0 Å². The second-order valence-corrected chi connectivity index (χ2v) is 6.27. The van der Waals surface area contributed by atoms with Crippen LogP contribution in [-0.4, -0.2) is 11.7 Å². The van der Waals surface area contributed by atoms with Crippen molar-refractivity contribution >= 4 is 22.6 Å². The van der Waals surface area contributed by atoms with Crippen molar-refractivity contribution in [2.45, 2.75) is 13.3 Å². The molecule has 0 aliphatic rings. The second kappa shape index (κ2) is 7.03. The summed E-state index contributed by atoms with van der Waals surface area (Å²) >= 11 is 5.88. The standard InChI is InChI=1S/C20H17ClO4/c1-12(2)9-10-24-15-7-8-16-17(11-15)25-20(19(23)18(16)22)13-3-5-14(21)6-4-13/h3-8,11,23H,1,9-10H2,2H3. The number of benzene rings is 2. The van der Waals surface area contributed by atoms with Gasteiger partial charge >= 0.3 is 0 Å². The molecule has 25 heavy (non-hydrogen) atoms. The molecular weight excluding hydrogens is 340 g/mol. The predicted molar refractivity (Wildman–Crippen MR) is 99.5 cm³/mol. The van der Waals surface area contributed by atoms with Crippen LogP contribution in [0.2, 0.25) is 5.02 Å². The molecule has 3 aromatic rings. The lowest BCUT2D eigenvalue weighted by Crippen LogP contribution is -2.03. The van der Waals surface area contributed by atoms with Crippen LogP contribution < -0.4 is 10.2 Å². The van der Waals surface area contributed by atoms with E-state index in [-0.39, 0.29) is 5.76 Å². The van der Waals surface area contributed by atoms with Crippen molar-refractivity contribution in [3.8, 4) is 22.8 Å². The molecule has 1 heterocycles. The van der Waals surface area contributed by atoms with Crippen molar-refractivity contribution in [3.05, 3.63) is 69.9 Å². The van der Waals surface area contributed by atoms with Gasteiger partial charge in [0, 0.05) is 23.1 Å². The lowest BCUT2D eigenvalue weighted by Gasteiger charge is -2.09. The Morgan fingerprint density at radius 1 is 1.24 bits per heavy atom. The fraction of sp³-hybridized carbons (Fsp3) is 0.150. The molecule has 0 spiro atoms. The van der Waals surface area contributed by atoms with Gasteiger partial charge in [-0.1, -0.05) is 17.2 Å². The SMILES string of the molecule is C=C(C)CCOc1ccc2c(=O)c(O)c(-c3ccc(Cl)cc3)oc2c1. The van der Waals surface area contributed by atoms with Crippen LogP contribution in [-0.2, 0) is 0 Å². The highest BCUT2D eigenvalue weighted by atomic mass is 35.5. The van der Waals surface area contributed by atoms with Gasteiger partial charge in [-0.05, 0) is 43.3 Å². The Balaban J connectivity index is 2.04. The molecule has 4 nitrogen and oxygen atoms in total. The molecule has 1 N–H and O–H groups in total. The number of hydrogen-bond acceptors (Lipinski definition) is 4. The summed E-state index contributed by atoms with van der Waals surface area (Å²) in [5.74, 6) is 0.267. The van der Waals surface area contributed by atoms with Crippen molar-refractivity contribution in [3.63, 3.8) is 0 Å². The summed E-state index contributed by atoms with van der Waals surface area (Å²) < 4.78 is 11.4. The Kier molecular flexibility index (Phi) is 4.81. The molecule has 0 amide bonds. The Morgan fingerprint density at radius 3 is 2.64 bits per heavy atom. The van der Waals surface area contributed by atoms with Gasteiger partial charge < -0.3 is 14.3 Å². The van der Waals surface area contributed by atoms with E-state index in [1.165, 1.54) is 0 Å². The molecule has 0 radical (unpaired) electrons. The van der Waals surface area contributed by atoms with Crippen LogP contribution in [0.3, 0.4) is 0 Å². The quantitative estimate of drug-likeness (QED) is 0.641. The largest absolute Gasteiger partial charge is 0.502 e. The van der Waals surface area contributed by atoms with E-state index in [0.29, 0.717) is 33.9 Å². The Morgan fingerprint density at radius 2 is 1.96 bits per heavy atom. The summed E-state index contributed by atoms with van der Waals surface area (Å²) in [4.78, 5) is 12.4. The Bertz CT molecular complexity index is 987. The molecular formula is C20H17ClO4. The summed E-state index contributed by atoms with van der Waals surface area (Å²) in [5, 5.41) is 11.1. The Labute approximate surface area is 149 Å². The van der Waals surface area contributed by atoms with Crippen molar-refractivity contribution in [2.24, 2.45) is 0 Å². The van der Waals surface area contributed by atoms with Gasteiger partial charge in [0.15, 0.2) is 5.76 Å².